The number of nitrogens with zero attached hydrogens (tertiary/aromatic N) is 2. The highest BCUT2D eigenvalue weighted by Crippen LogP contribution is 2.29. The molecule has 0 saturated carbocycles. The molecule has 0 bridgehead atoms. The zero-order valence-corrected chi connectivity index (χ0v) is 12.2. The number of rotatable bonds is 4. The number of aromatic nitrogens is 1. The van der Waals surface area contributed by atoms with Gasteiger partial charge >= 0.3 is 0 Å². The summed E-state index contributed by atoms with van der Waals surface area (Å²) in [7, 11) is 4.10. The topological polar surface area (TPSA) is 54.2 Å². The fourth-order valence-electron chi connectivity index (χ4n) is 1.78. The highest BCUT2D eigenvalue weighted by molar-refractivity contribution is 9.10. The Labute approximate surface area is 115 Å². The Hall–Kier alpha value is -1.33. The van der Waals surface area contributed by atoms with Gasteiger partial charge in [-0.2, -0.15) is 0 Å². The van der Waals surface area contributed by atoms with Gasteiger partial charge in [0, 0.05) is 22.9 Å². The number of anilines is 2. The lowest BCUT2D eigenvalue weighted by atomic mass is 10.1. The Balaban J connectivity index is 2.34. The number of nitrogens with two attached hydrogens (primary N) is 1. The minimum Gasteiger partial charge on any atom is -0.396 e. The Morgan fingerprint density at radius 2 is 2.17 bits per heavy atom. The van der Waals surface area contributed by atoms with Crippen LogP contribution in [0.15, 0.2) is 28.9 Å². The van der Waals surface area contributed by atoms with E-state index >= 15 is 0 Å². The van der Waals surface area contributed by atoms with E-state index in [1.54, 1.807) is 6.20 Å². The van der Waals surface area contributed by atoms with Gasteiger partial charge in [-0.3, -0.25) is 4.98 Å². The third-order valence-corrected chi connectivity index (χ3v) is 3.21. The molecule has 0 fully saturated rings. The van der Waals surface area contributed by atoms with Crippen LogP contribution in [0.2, 0.25) is 0 Å². The summed E-state index contributed by atoms with van der Waals surface area (Å²) >= 11 is 3.48. The third-order valence-electron chi connectivity index (χ3n) is 2.72. The first-order valence-electron chi connectivity index (χ1n) is 5.80. The predicted octanol–water partition coefficient (Wildman–Crippen LogP) is 2.55. The number of hydrogen-bond donors (Lipinski definition) is 2. The van der Waals surface area contributed by atoms with E-state index in [0.29, 0.717) is 5.69 Å². The Bertz CT molecular complexity index is 549. The molecule has 18 heavy (non-hydrogen) atoms. The van der Waals surface area contributed by atoms with Crippen LogP contribution in [0.4, 0.5) is 11.4 Å². The van der Waals surface area contributed by atoms with Crippen molar-refractivity contribution in [2.45, 2.75) is 0 Å². The number of halogens is 1. The SMILES string of the molecule is CN(C)CCNc1c(N)cnc2ccc(Br)cc12. The summed E-state index contributed by atoms with van der Waals surface area (Å²) in [6.07, 6.45) is 1.70. The molecule has 0 atom stereocenters. The lowest BCUT2D eigenvalue weighted by molar-refractivity contribution is 0.425. The molecule has 0 aliphatic rings. The van der Waals surface area contributed by atoms with Gasteiger partial charge in [-0.25, -0.2) is 0 Å². The molecule has 0 spiro atoms. The molecule has 1 heterocycles. The standard InChI is InChI=1S/C13H17BrN4/c1-18(2)6-5-16-13-10-7-9(14)3-4-12(10)17-8-11(13)15/h3-4,7-8H,5-6,15H2,1-2H3,(H,16,17). The molecule has 0 aliphatic carbocycles. The molecule has 2 rings (SSSR count). The lowest BCUT2D eigenvalue weighted by Gasteiger charge is -2.14. The molecule has 0 saturated heterocycles. The van der Waals surface area contributed by atoms with Crippen LogP contribution in [-0.4, -0.2) is 37.1 Å². The van der Waals surface area contributed by atoms with Crippen molar-refractivity contribution in [1.82, 2.24) is 9.88 Å². The summed E-state index contributed by atoms with van der Waals surface area (Å²) in [5.74, 6) is 0. The molecule has 3 N–H and O–H groups in total. The first kappa shape index (κ1) is 13.1. The molecule has 2 aromatic rings. The van der Waals surface area contributed by atoms with E-state index in [9.17, 15) is 0 Å². The first-order chi connectivity index (χ1) is 8.58. The minimum atomic E-state index is 0.680. The van der Waals surface area contributed by atoms with Gasteiger partial charge in [0.2, 0.25) is 0 Å². The second-order valence-electron chi connectivity index (χ2n) is 4.48. The highest BCUT2D eigenvalue weighted by atomic mass is 79.9. The molecule has 0 aliphatic heterocycles. The highest BCUT2D eigenvalue weighted by Gasteiger charge is 2.06. The lowest BCUT2D eigenvalue weighted by Crippen LogP contribution is -2.21. The van der Waals surface area contributed by atoms with Crippen molar-refractivity contribution < 1.29 is 0 Å². The number of benzene rings is 1. The average molecular weight is 309 g/mol. The second kappa shape index (κ2) is 5.54. The quantitative estimate of drug-likeness (QED) is 0.911. The Morgan fingerprint density at radius 1 is 1.39 bits per heavy atom. The molecule has 5 heteroatoms. The Morgan fingerprint density at radius 3 is 2.89 bits per heavy atom. The van der Waals surface area contributed by atoms with Gasteiger partial charge in [-0.1, -0.05) is 15.9 Å². The summed E-state index contributed by atoms with van der Waals surface area (Å²) in [6, 6.07) is 6.00. The van der Waals surface area contributed by atoms with Crippen LogP contribution in [0.3, 0.4) is 0 Å². The van der Waals surface area contributed by atoms with Crippen molar-refractivity contribution in [1.29, 1.82) is 0 Å². The number of pyridine rings is 1. The molecule has 0 unspecified atom stereocenters. The van der Waals surface area contributed by atoms with Gasteiger partial charge in [-0.05, 0) is 32.3 Å². The number of nitrogen functional groups attached to an aromatic ring is 1. The minimum absolute atomic E-state index is 0.680. The van der Waals surface area contributed by atoms with E-state index in [-0.39, 0.29) is 0 Å². The molecular weight excluding hydrogens is 292 g/mol. The summed E-state index contributed by atoms with van der Waals surface area (Å²) < 4.78 is 1.03. The molecule has 96 valence electrons. The van der Waals surface area contributed by atoms with Crippen LogP contribution in [-0.2, 0) is 0 Å². The van der Waals surface area contributed by atoms with E-state index in [0.717, 1.165) is 34.2 Å². The van der Waals surface area contributed by atoms with E-state index in [4.69, 9.17) is 5.73 Å². The first-order valence-corrected chi connectivity index (χ1v) is 6.59. The van der Waals surface area contributed by atoms with Gasteiger partial charge < -0.3 is 16.0 Å². The molecular formula is C13H17BrN4. The number of hydrogen-bond acceptors (Lipinski definition) is 4. The van der Waals surface area contributed by atoms with Crippen molar-refractivity contribution in [2.24, 2.45) is 0 Å². The second-order valence-corrected chi connectivity index (χ2v) is 5.40. The summed E-state index contributed by atoms with van der Waals surface area (Å²) in [5, 5.41) is 4.43. The maximum absolute atomic E-state index is 6.00. The predicted molar refractivity (Wildman–Crippen MR) is 80.9 cm³/mol. The maximum atomic E-state index is 6.00. The average Bonchev–Trinajstić information content (AvgIpc) is 2.31. The maximum Gasteiger partial charge on any atom is 0.0743 e. The van der Waals surface area contributed by atoms with Crippen molar-refractivity contribution in [3.63, 3.8) is 0 Å². The van der Waals surface area contributed by atoms with Crippen LogP contribution in [0.5, 0.6) is 0 Å². The fourth-order valence-corrected chi connectivity index (χ4v) is 2.14. The van der Waals surface area contributed by atoms with Gasteiger partial charge in [0.05, 0.1) is 23.1 Å². The monoisotopic (exact) mass is 308 g/mol. The van der Waals surface area contributed by atoms with Gasteiger partial charge in [0.1, 0.15) is 0 Å². The zero-order chi connectivity index (χ0) is 13.1. The number of fused-ring (bicyclic) bond motifs is 1. The van der Waals surface area contributed by atoms with Crippen LogP contribution < -0.4 is 11.1 Å². The molecule has 4 nitrogen and oxygen atoms in total. The van der Waals surface area contributed by atoms with Crippen LogP contribution in [0, 0.1) is 0 Å². The van der Waals surface area contributed by atoms with Crippen molar-refractivity contribution in [3.8, 4) is 0 Å². The fraction of sp³-hybridized carbons (Fsp3) is 0.308. The van der Waals surface area contributed by atoms with Crippen molar-refractivity contribution >= 4 is 38.2 Å². The van der Waals surface area contributed by atoms with E-state index < -0.39 is 0 Å². The van der Waals surface area contributed by atoms with Crippen LogP contribution >= 0.6 is 15.9 Å². The molecule has 1 aromatic carbocycles. The Kier molecular flexibility index (Phi) is 4.04. The molecule has 0 amide bonds. The normalized spacial score (nSPS) is 11.1. The smallest absolute Gasteiger partial charge is 0.0743 e. The summed E-state index contributed by atoms with van der Waals surface area (Å²) in [5.41, 5.74) is 8.59. The number of likely N-dealkylation sites (N-methyl/N-ethyl adjacent to an activating group) is 1. The van der Waals surface area contributed by atoms with Crippen molar-refractivity contribution in [2.75, 3.05) is 38.2 Å². The third kappa shape index (κ3) is 2.91. The summed E-state index contributed by atoms with van der Waals surface area (Å²) in [4.78, 5) is 6.46. The van der Waals surface area contributed by atoms with E-state index in [2.05, 4.69) is 31.1 Å². The number of nitrogens with one attached hydrogen (secondary N) is 1. The molecule has 1 aromatic heterocycles. The van der Waals surface area contributed by atoms with Gasteiger partial charge in [-0.15, -0.1) is 0 Å². The van der Waals surface area contributed by atoms with Gasteiger partial charge in [0.15, 0.2) is 0 Å². The molecule has 0 radical (unpaired) electrons. The summed E-state index contributed by atoms with van der Waals surface area (Å²) in [6.45, 7) is 1.81. The van der Waals surface area contributed by atoms with E-state index in [1.165, 1.54) is 0 Å². The van der Waals surface area contributed by atoms with E-state index in [1.807, 2.05) is 32.3 Å². The van der Waals surface area contributed by atoms with Crippen LogP contribution in [0.25, 0.3) is 10.9 Å². The van der Waals surface area contributed by atoms with Crippen molar-refractivity contribution in [3.05, 3.63) is 28.9 Å². The van der Waals surface area contributed by atoms with Gasteiger partial charge in [0.25, 0.3) is 0 Å². The largest absolute Gasteiger partial charge is 0.396 e. The zero-order valence-electron chi connectivity index (χ0n) is 10.6. The van der Waals surface area contributed by atoms with Crippen LogP contribution in [0.1, 0.15) is 0 Å².